The van der Waals surface area contributed by atoms with Crippen molar-refractivity contribution >= 4 is 21.4 Å². The number of hydrogen-bond acceptors (Lipinski definition) is 1. The summed E-state index contributed by atoms with van der Waals surface area (Å²) in [5.41, 5.74) is 3.95. The van der Waals surface area contributed by atoms with Gasteiger partial charge in [0.05, 0.1) is 11.2 Å². The Morgan fingerprint density at radius 2 is 1.83 bits per heavy atom. The Labute approximate surface area is 112 Å². The summed E-state index contributed by atoms with van der Waals surface area (Å²) >= 11 is 3.42. The smallest absolute Gasteiger partial charge is 0.123 e. The third-order valence-corrected chi connectivity index (χ3v) is 3.43. The Morgan fingerprint density at radius 1 is 1.11 bits per heavy atom. The van der Waals surface area contributed by atoms with Crippen molar-refractivity contribution in [2.75, 3.05) is 0 Å². The van der Waals surface area contributed by atoms with Crippen molar-refractivity contribution in [3.63, 3.8) is 0 Å². The van der Waals surface area contributed by atoms with Gasteiger partial charge in [0.1, 0.15) is 5.82 Å². The van der Waals surface area contributed by atoms with Crippen LogP contribution in [0.4, 0.5) is 4.39 Å². The molecule has 0 radical (unpaired) electrons. The van der Waals surface area contributed by atoms with Crippen LogP contribution in [0.1, 0.15) is 5.56 Å². The summed E-state index contributed by atoms with van der Waals surface area (Å²) in [5, 5.41) is 4.54. The van der Waals surface area contributed by atoms with Gasteiger partial charge in [0, 0.05) is 21.8 Å². The van der Waals surface area contributed by atoms with Crippen LogP contribution in [0.2, 0.25) is 0 Å². The highest BCUT2D eigenvalue weighted by atomic mass is 79.9. The van der Waals surface area contributed by atoms with Gasteiger partial charge in [0.2, 0.25) is 0 Å². The normalized spacial score (nSPS) is 11.1. The summed E-state index contributed by atoms with van der Waals surface area (Å²) in [6.07, 6.45) is 1.91. The average Bonchev–Trinajstić information content (AvgIpc) is 2.67. The first-order valence-corrected chi connectivity index (χ1v) is 6.35. The van der Waals surface area contributed by atoms with Crippen LogP contribution in [0, 0.1) is 12.7 Å². The van der Waals surface area contributed by atoms with Crippen molar-refractivity contribution in [3.8, 4) is 11.3 Å². The predicted molar refractivity (Wildman–Crippen MR) is 73.0 cm³/mol. The number of nitrogens with zero attached hydrogens (tertiary/aromatic N) is 2. The van der Waals surface area contributed by atoms with Crippen LogP contribution in [-0.2, 0) is 0 Å². The summed E-state index contributed by atoms with van der Waals surface area (Å²) in [6.45, 7) is 2.02. The van der Waals surface area contributed by atoms with E-state index in [4.69, 9.17) is 0 Å². The minimum Gasteiger partial charge on any atom is -0.239 e. The highest BCUT2D eigenvalue weighted by Gasteiger charge is 2.10. The lowest BCUT2D eigenvalue weighted by Gasteiger charge is -1.97. The van der Waals surface area contributed by atoms with Crippen LogP contribution in [0.15, 0.2) is 47.1 Å². The monoisotopic (exact) mass is 304 g/mol. The van der Waals surface area contributed by atoms with Crippen LogP contribution < -0.4 is 0 Å². The first kappa shape index (κ1) is 11.4. The second-order valence-electron chi connectivity index (χ2n) is 4.16. The van der Waals surface area contributed by atoms with E-state index in [1.54, 1.807) is 12.1 Å². The molecule has 0 amide bonds. The van der Waals surface area contributed by atoms with Gasteiger partial charge >= 0.3 is 0 Å². The zero-order valence-corrected chi connectivity index (χ0v) is 11.3. The summed E-state index contributed by atoms with van der Waals surface area (Å²) in [4.78, 5) is 0. The lowest BCUT2D eigenvalue weighted by Crippen LogP contribution is -1.86. The molecule has 0 spiro atoms. The van der Waals surface area contributed by atoms with E-state index in [0.717, 1.165) is 26.8 Å². The first-order chi connectivity index (χ1) is 8.65. The molecule has 0 fully saturated rings. The van der Waals surface area contributed by atoms with Crippen molar-refractivity contribution in [1.82, 2.24) is 9.61 Å². The van der Waals surface area contributed by atoms with E-state index in [0.29, 0.717) is 0 Å². The molecule has 3 aromatic rings. The van der Waals surface area contributed by atoms with E-state index in [1.165, 1.54) is 12.1 Å². The Hall–Kier alpha value is -1.68. The van der Waals surface area contributed by atoms with Crippen LogP contribution >= 0.6 is 15.9 Å². The quantitative estimate of drug-likeness (QED) is 0.658. The number of benzene rings is 1. The van der Waals surface area contributed by atoms with Gasteiger partial charge in [-0.3, -0.25) is 0 Å². The molecule has 3 rings (SSSR count). The molecule has 90 valence electrons. The number of fused-ring (bicyclic) bond motifs is 1. The number of pyridine rings is 1. The van der Waals surface area contributed by atoms with Crippen LogP contribution in [0.5, 0.6) is 0 Å². The van der Waals surface area contributed by atoms with Crippen molar-refractivity contribution in [1.29, 1.82) is 0 Å². The van der Waals surface area contributed by atoms with Crippen molar-refractivity contribution < 1.29 is 4.39 Å². The van der Waals surface area contributed by atoms with Gasteiger partial charge in [-0.05, 0) is 59.3 Å². The third kappa shape index (κ3) is 1.82. The summed E-state index contributed by atoms with van der Waals surface area (Å²) in [7, 11) is 0. The molecular weight excluding hydrogens is 295 g/mol. The van der Waals surface area contributed by atoms with Gasteiger partial charge in [-0.2, -0.15) is 5.10 Å². The fourth-order valence-electron chi connectivity index (χ4n) is 2.03. The molecule has 1 aromatic carbocycles. The van der Waals surface area contributed by atoms with E-state index in [1.807, 2.05) is 29.8 Å². The largest absolute Gasteiger partial charge is 0.239 e. The Morgan fingerprint density at radius 3 is 2.56 bits per heavy atom. The van der Waals surface area contributed by atoms with Gasteiger partial charge in [0.15, 0.2) is 0 Å². The number of aromatic nitrogens is 2. The van der Waals surface area contributed by atoms with Crippen molar-refractivity contribution in [2.24, 2.45) is 0 Å². The van der Waals surface area contributed by atoms with Gasteiger partial charge in [-0.25, -0.2) is 8.91 Å². The van der Waals surface area contributed by atoms with Crippen LogP contribution in [0.25, 0.3) is 16.8 Å². The highest BCUT2D eigenvalue weighted by Crippen LogP contribution is 2.26. The highest BCUT2D eigenvalue weighted by molar-refractivity contribution is 9.10. The van der Waals surface area contributed by atoms with E-state index in [9.17, 15) is 4.39 Å². The lowest BCUT2D eigenvalue weighted by atomic mass is 10.1. The fourth-order valence-corrected chi connectivity index (χ4v) is 2.36. The second-order valence-corrected chi connectivity index (χ2v) is 5.07. The molecule has 2 nitrogen and oxygen atoms in total. The minimum atomic E-state index is -0.233. The predicted octanol–water partition coefficient (Wildman–Crippen LogP) is 4.21. The van der Waals surface area contributed by atoms with Crippen LogP contribution in [0.3, 0.4) is 0 Å². The minimum absolute atomic E-state index is 0.233. The molecule has 2 heterocycles. The van der Waals surface area contributed by atoms with Gasteiger partial charge < -0.3 is 0 Å². The maximum Gasteiger partial charge on any atom is 0.123 e. The molecule has 0 unspecified atom stereocenters. The first-order valence-electron chi connectivity index (χ1n) is 5.55. The number of hydrogen-bond donors (Lipinski definition) is 0. The van der Waals surface area contributed by atoms with Gasteiger partial charge in [-0.15, -0.1) is 0 Å². The molecule has 0 aliphatic carbocycles. The topological polar surface area (TPSA) is 17.3 Å². The second kappa shape index (κ2) is 4.21. The van der Waals surface area contributed by atoms with Crippen molar-refractivity contribution in [2.45, 2.75) is 6.92 Å². The summed E-state index contributed by atoms with van der Waals surface area (Å²) < 4.78 is 15.7. The van der Waals surface area contributed by atoms with E-state index < -0.39 is 0 Å². The number of aryl methyl sites for hydroxylation is 1. The molecule has 0 atom stereocenters. The Kier molecular flexibility index (Phi) is 2.67. The fraction of sp³-hybridized carbons (Fsp3) is 0.0714. The van der Waals surface area contributed by atoms with Crippen molar-refractivity contribution in [3.05, 3.63) is 58.4 Å². The molecule has 4 heteroatoms. The zero-order valence-electron chi connectivity index (χ0n) is 9.69. The van der Waals surface area contributed by atoms with E-state index in [-0.39, 0.29) is 5.82 Å². The Balaban J connectivity index is 2.23. The molecule has 0 N–H and O–H groups in total. The molecule has 0 aliphatic rings. The third-order valence-electron chi connectivity index (χ3n) is 2.96. The maximum atomic E-state index is 12.9. The number of halogens is 2. The molecule has 0 bridgehead atoms. The molecule has 18 heavy (non-hydrogen) atoms. The summed E-state index contributed by atoms with van der Waals surface area (Å²) in [5.74, 6) is -0.233. The Bertz CT molecular complexity index is 716. The summed E-state index contributed by atoms with van der Waals surface area (Å²) in [6, 6.07) is 10.4. The van der Waals surface area contributed by atoms with E-state index >= 15 is 0 Å². The molecular formula is C14H10BrFN2. The van der Waals surface area contributed by atoms with E-state index in [2.05, 4.69) is 21.0 Å². The zero-order chi connectivity index (χ0) is 12.7. The molecule has 0 saturated heterocycles. The maximum absolute atomic E-state index is 12.9. The SMILES string of the molecule is Cc1c(-c2ccc(F)cc2)nn2cc(Br)ccc12. The molecule has 0 saturated carbocycles. The molecule has 2 aromatic heterocycles. The van der Waals surface area contributed by atoms with Gasteiger partial charge in [0.25, 0.3) is 0 Å². The van der Waals surface area contributed by atoms with Gasteiger partial charge in [-0.1, -0.05) is 0 Å². The standard InChI is InChI=1S/C14H10BrFN2/c1-9-13-7-4-11(15)8-18(13)17-14(9)10-2-5-12(16)6-3-10/h2-8H,1H3. The average molecular weight is 305 g/mol. The lowest BCUT2D eigenvalue weighted by molar-refractivity contribution is 0.628. The molecule has 0 aliphatic heterocycles. The number of rotatable bonds is 1. The van der Waals surface area contributed by atoms with Crippen LogP contribution in [-0.4, -0.2) is 9.61 Å².